The van der Waals surface area contributed by atoms with Crippen LogP contribution in [0, 0.1) is 19.3 Å². The van der Waals surface area contributed by atoms with Crippen molar-refractivity contribution in [1.82, 2.24) is 4.90 Å². The third kappa shape index (κ3) is 2.00. The molecule has 0 spiro atoms. The molecule has 1 amide bonds. The van der Waals surface area contributed by atoms with Gasteiger partial charge in [-0.1, -0.05) is 0 Å². The first-order valence-corrected chi connectivity index (χ1v) is 5.93. The molecule has 98 valence electrons. The lowest BCUT2D eigenvalue weighted by atomic mass is 9.90. The number of nitrogens with zero attached hydrogens (tertiary/aromatic N) is 1. The minimum atomic E-state index is -0.849. The number of rotatable bonds is 2. The van der Waals surface area contributed by atoms with Gasteiger partial charge in [0.2, 0.25) is 0 Å². The summed E-state index contributed by atoms with van der Waals surface area (Å²) in [5.41, 5.74) is -0.301. The second-order valence-electron chi connectivity index (χ2n) is 5.17. The fraction of sp³-hybridized carbons (Fsp3) is 0.538. The van der Waals surface area contributed by atoms with Crippen molar-refractivity contribution in [2.24, 2.45) is 5.41 Å². The van der Waals surface area contributed by atoms with Crippen LogP contribution in [-0.4, -0.2) is 35.0 Å². The maximum atomic E-state index is 12.3. The van der Waals surface area contributed by atoms with Gasteiger partial charge in [0.15, 0.2) is 0 Å². The topological polar surface area (TPSA) is 70.8 Å². The maximum absolute atomic E-state index is 12.3. The van der Waals surface area contributed by atoms with Gasteiger partial charge in [0.25, 0.3) is 5.91 Å². The van der Waals surface area contributed by atoms with Gasteiger partial charge >= 0.3 is 5.97 Å². The standard InChI is InChI=1S/C13H17NO4/c1-8-6-10(9(2)18-8)11(15)14-5-4-13(3,7-14)12(16)17/h6H,4-5,7H2,1-3H3,(H,16,17)/t13-/m1/s1. The fourth-order valence-electron chi connectivity index (χ4n) is 2.32. The van der Waals surface area contributed by atoms with Crippen LogP contribution in [0.2, 0.25) is 0 Å². The Bertz CT molecular complexity index is 505. The first-order chi connectivity index (χ1) is 8.33. The zero-order valence-corrected chi connectivity index (χ0v) is 10.8. The van der Waals surface area contributed by atoms with Gasteiger partial charge in [-0.15, -0.1) is 0 Å². The number of hydrogen-bond donors (Lipinski definition) is 1. The minimum Gasteiger partial charge on any atom is -0.481 e. The number of carbonyl (C=O) groups is 2. The van der Waals surface area contributed by atoms with Crippen molar-refractivity contribution < 1.29 is 19.1 Å². The summed E-state index contributed by atoms with van der Waals surface area (Å²) in [6.07, 6.45) is 0.490. The van der Waals surface area contributed by atoms with E-state index in [1.165, 1.54) is 0 Å². The number of furan rings is 1. The van der Waals surface area contributed by atoms with E-state index in [4.69, 9.17) is 9.52 Å². The van der Waals surface area contributed by atoms with E-state index < -0.39 is 11.4 Å². The van der Waals surface area contributed by atoms with Crippen LogP contribution in [-0.2, 0) is 4.79 Å². The van der Waals surface area contributed by atoms with Gasteiger partial charge in [-0.2, -0.15) is 0 Å². The van der Waals surface area contributed by atoms with Crippen molar-refractivity contribution in [3.8, 4) is 0 Å². The normalized spacial score (nSPS) is 23.4. The van der Waals surface area contributed by atoms with Crippen LogP contribution in [0.25, 0.3) is 0 Å². The molecule has 0 saturated carbocycles. The highest BCUT2D eigenvalue weighted by atomic mass is 16.4. The molecule has 1 N–H and O–H groups in total. The summed E-state index contributed by atoms with van der Waals surface area (Å²) in [6, 6.07) is 1.70. The molecule has 0 aliphatic carbocycles. The quantitative estimate of drug-likeness (QED) is 0.870. The highest BCUT2D eigenvalue weighted by Crippen LogP contribution is 2.31. The molecule has 1 aromatic heterocycles. The molecule has 2 heterocycles. The van der Waals surface area contributed by atoms with Crippen LogP contribution in [0.3, 0.4) is 0 Å². The Morgan fingerprint density at radius 2 is 2.11 bits per heavy atom. The third-order valence-electron chi connectivity index (χ3n) is 3.55. The molecule has 0 aromatic carbocycles. The van der Waals surface area contributed by atoms with Gasteiger partial charge in [0, 0.05) is 13.1 Å². The van der Waals surface area contributed by atoms with Gasteiger partial charge in [-0.05, 0) is 33.3 Å². The van der Waals surface area contributed by atoms with Crippen molar-refractivity contribution >= 4 is 11.9 Å². The van der Waals surface area contributed by atoms with Gasteiger partial charge in [0.1, 0.15) is 11.5 Å². The van der Waals surface area contributed by atoms with Crippen LogP contribution in [0.15, 0.2) is 10.5 Å². The van der Waals surface area contributed by atoms with Crippen LogP contribution < -0.4 is 0 Å². The van der Waals surface area contributed by atoms with Crippen LogP contribution in [0.4, 0.5) is 0 Å². The molecule has 1 aliphatic heterocycles. The van der Waals surface area contributed by atoms with Crippen LogP contribution in [0.1, 0.15) is 35.2 Å². The Balaban J connectivity index is 2.18. The molecule has 5 heteroatoms. The van der Waals surface area contributed by atoms with E-state index in [0.29, 0.717) is 30.0 Å². The summed E-state index contributed by atoms with van der Waals surface area (Å²) in [7, 11) is 0. The van der Waals surface area contributed by atoms with Crippen LogP contribution >= 0.6 is 0 Å². The summed E-state index contributed by atoms with van der Waals surface area (Å²) in [5, 5.41) is 9.14. The summed E-state index contributed by atoms with van der Waals surface area (Å²) in [4.78, 5) is 25.0. The number of carboxylic acid groups (broad SMARTS) is 1. The van der Waals surface area contributed by atoms with Crippen molar-refractivity contribution in [3.05, 3.63) is 23.2 Å². The molecular formula is C13H17NO4. The lowest BCUT2D eigenvalue weighted by Crippen LogP contribution is -2.34. The summed E-state index contributed by atoms with van der Waals surface area (Å²) < 4.78 is 5.33. The number of aliphatic carboxylic acids is 1. The maximum Gasteiger partial charge on any atom is 0.311 e. The minimum absolute atomic E-state index is 0.144. The van der Waals surface area contributed by atoms with Gasteiger partial charge in [-0.25, -0.2) is 0 Å². The first kappa shape index (κ1) is 12.7. The zero-order valence-electron chi connectivity index (χ0n) is 10.8. The summed E-state index contributed by atoms with van der Waals surface area (Å²) >= 11 is 0. The number of hydrogen-bond acceptors (Lipinski definition) is 3. The Kier molecular flexibility index (Phi) is 2.92. The molecule has 5 nitrogen and oxygen atoms in total. The Hall–Kier alpha value is -1.78. The van der Waals surface area contributed by atoms with E-state index in [1.54, 1.807) is 31.7 Å². The van der Waals surface area contributed by atoms with Gasteiger partial charge in [0.05, 0.1) is 11.0 Å². The lowest BCUT2D eigenvalue weighted by Gasteiger charge is -2.19. The fourth-order valence-corrected chi connectivity index (χ4v) is 2.32. The smallest absolute Gasteiger partial charge is 0.311 e. The highest BCUT2D eigenvalue weighted by Gasteiger charge is 2.42. The van der Waals surface area contributed by atoms with E-state index in [2.05, 4.69) is 0 Å². The van der Waals surface area contributed by atoms with Crippen molar-refractivity contribution in [2.75, 3.05) is 13.1 Å². The number of aryl methyl sites for hydroxylation is 2. The zero-order chi connectivity index (χ0) is 13.5. The number of carbonyl (C=O) groups excluding carboxylic acids is 1. The summed E-state index contributed by atoms with van der Waals surface area (Å²) in [6.45, 7) is 5.94. The number of carboxylic acids is 1. The third-order valence-corrected chi connectivity index (χ3v) is 3.55. The molecule has 1 aliphatic rings. The van der Waals surface area contributed by atoms with Crippen LogP contribution in [0.5, 0.6) is 0 Å². The second kappa shape index (κ2) is 4.15. The van der Waals surface area contributed by atoms with Gasteiger partial charge < -0.3 is 14.4 Å². The van der Waals surface area contributed by atoms with E-state index >= 15 is 0 Å². The van der Waals surface area contributed by atoms with E-state index in [1.807, 2.05) is 0 Å². The molecule has 1 saturated heterocycles. The summed E-state index contributed by atoms with van der Waals surface area (Å²) in [5.74, 6) is 0.282. The second-order valence-corrected chi connectivity index (χ2v) is 5.17. The molecule has 1 aromatic rings. The van der Waals surface area contributed by atoms with Gasteiger partial charge in [-0.3, -0.25) is 9.59 Å². The molecule has 1 fully saturated rings. The molecule has 0 bridgehead atoms. The monoisotopic (exact) mass is 251 g/mol. The Morgan fingerprint density at radius 3 is 2.56 bits per heavy atom. The first-order valence-electron chi connectivity index (χ1n) is 5.93. The molecule has 2 rings (SSSR count). The van der Waals surface area contributed by atoms with Crippen molar-refractivity contribution in [2.45, 2.75) is 27.2 Å². The predicted octanol–water partition coefficient (Wildman–Crippen LogP) is 1.83. The molecule has 0 unspecified atom stereocenters. The average molecular weight is 251 g/mol. The van der Waals surface area contributed by atoms with E-state index in [9.17, 15) is 9.59 Å². The van der Waals surface area contributed by atoms with Crippen molar-refractivity contribution in [1.29, 1.82) is 0 Å². The predicted molar refractivity (Wildman–Crippen MR) is 64.4 cm³/mol. The van der Waals surface area contributed by atoms with E-state index in [0.717, 1.165) is 0 Å². The molecule has 18 heavy (non-hydrogen) atoms. The van der Waals surface area contributed by atoms with E-state index in [-0.39, 0.29) is 12.5 Å². The number of amides is 1. The largest absolute Gasteiger partial charge is 0.481 e. The average Bonchev–Trinajstić information content (AvgIpc) is 2.82. The van der Waals surface area contributed by atoms with Crippen molar-refractivity contribution in [3.63, 3.8) is 0 Å². The number of likely N-dealkylation sites (tertiary alicyclic amines) is 1. The SMILES string of the molecule is Cc1cc(C(=O)N2CC[C@@](C)(C(=O)O)C2)c(C)o1. The molecular weight excluding hydrogens is 234 g/mol. The Labute approximate surface area is 105 Å². The molecule has 1 atom stereocenters. The Morgan fingerprint density at radius 1 is 1.44 bits per heavy atom. The molecule has 0 radical (unpaired) electrons. The lowest BCUT2D eigenvalue weighted by molar-refractivity contribution is -0.147. The highest BCUT2D eigenvalue weighted by molar-refractivity contribution is 5.96.